The summed E-state index contributed by atoms with van der Waals surface area (Å²) in [6.45, 7) is 7.95. The van der Waals surface area contributed by atoms with E-state index in [-0.39, 0.29) is 23.9 Å². The van der Waals surface area contributed by atoms with Crippen LogP contribution in [-0.2, 0) is 9.59 Å². The van der Waals surface area contributed by atoms with Crippen LogP contribution in [0.1, 0.15) is 33.3 Å². The highest BCUT2D eigenvalue weighted by Gasteiger charge is 2.18. The summed E-state index contributed by atoms with van der Waals surface area (Å²) in [5.41, 5.74) is 0.374. The molecule has 0 aliphatic rings. The van der Waals surface area contributed by atoms with Crippen molar-refractivity contribution in [3.05, 3.63) is 23.8 Å². The first-order chi connectivity index (χ1) is 12.6. The van der Waals surface area contributed by atoms with E-state index in [1.807, 2.05) is 27.7 Å². The van der Waals surface area contributed by atoms with E-state index in [2.05, 4.69) is 5.32 Å². The number of nitrogens with one attached hydrogen (secondary N) is 1. The largest absolute Gasteiger partial charge is 0.493 e. The van der Waals surface area contributed by atoms with Crippen molar-refractivity contribution in [3.8, 4) is 17.2 Å². The van der Waals surface area contributed by atoms with Crippen LogP contribution < -0.4 is 19.5 Å². The van der Waals surface area contributed by atoms with Gasteiger partial charge >= 0.3 is 0 Å². The lowest BCUT2D eigenvalue weighted by atomic mass is 10.1. The number of amides is 2. The smallest absolute Gasteiger partial charge is 0.247 e. The maximum atomic E-state index is 12.5. The van der Waals surface area contributed by atoms with Crippen molar-refractivity contribution < 1.29 is 23.8 Å². The van der Waals surface area contributed by atoms with Gasteiger partial charge in [-0.3, -0.25) is 9.59 Å². The highest BCUT2D eigenvalue weighted by molar-refractivity contribution is 5.94. The van der Waals surface area contributed by atoms with E-state index in [9.17, 15) is 9.59 Å². The fraction of sp³-hybridized carbons (Fsp3) is 0.500. The Morgan fingerprint density at radius 1 is 1.07 bits per heavy atom. The summed E-state index contributed by atoms with van der Waals surface area (Å²) >= 11 is 0. The Bertz CT molecular complexity index is 667. The molecule has 27 heavy (non-hydrogen) atoms. The van der Waals surface area contributed by atoms with Crippen LogP contribution in [0, 0.1) is 0 Å². The van der Waals surface area contributed by atoms with Gasteiger partial charge in [-0.15, -0.1) is 0 Å². The van der Waals surface area contributed by atoms with Crippen LogP contribution in [0.4, 0.5) is 0 Å². The molecule has 0 radical (unpaired) electrons. The van der Waals surface area contributed by atoms with Gasteiger partial charge in [0.1, 0.15) is 0 Å². The zero-order valence-corrected chi connectivity index (χ0v) is 17.2. The van der Waals surface area contributed by atoms with E-state index < -0.39 is 0 Å². The first kappa shape index (κ1) is 22.3. The Hall–Kier alpha value is -2.70. The molecule has 7 nitrogen and oxygen atoms in total. The molecule has 7 heteroatoms. The quantitative estimate of drug-likeness (QED) is 0.703. The minimum atomic E-state index is -0.342. The SMILES string of the molecule is CCN(CC(=O)NC(C)(C)C)C(=O)/C=C/c1cc(OC)c(OC)c(OC)c1. The van der Waals surface area contributed by atoms with Crippen molar-refractivity contribution >= 4 is 17.9 Å². The average Bonchev–Trinajstić information content (AvgIpc) is 2.61. The van der Waals surface area contributed by atoms with Crippen molar-refractivity contribution in [2.45, 2.75) is 33.2 Å². The zero-order valence-electron chi connectivity index (χ0n) is 17.2. The third-order valence-corrected chi connectivity index (χ3v) is 3.65. The number of hydrogen-bond donors (Lipinski definition) is 1. The van der Waals surface area contributed by atoms with Gasteiger partial charge < -0.3 is 24.4 Å². The Morgan fingerprint density at radius 3 is 2.04 bits per heavy atom. The predicted molar refractivity (Wildman–Crippen MR) is 105 cm³/mol. The van der Waals surface area contributed by atoms with Crippen LogP contribution in [0.2, 0.25) is 0 Å². The van der Waals surface area contributed by atoms with Gasteiger partial charge in [0.15, 0.2) is 11.5 Å². The summed E-state index contributed by atoms with van der Waals surface area (Å²) in [6, 6.07) is 3.49. The van der Waals surface area contributed by atoms with Crippen LogP contribution in [0.3, 0.4) is 0 Å². The van der Waals surface area contributed by atoms with E-state index in [1.54, 1.807) is 18.2 Å². The zero-order chi connectivity index (χ0) is 20.6. The van der Waals surface area contributed by atoms with Gasteiger partial charge in [0, 0.05) is 18.2 Å². The molecular weight excluding hydrogens is 348 g/mol. The molecule has 0 fully saturated rings. The first-order valence-electron chi connectivity index (χ1n) is 8.73. The van der Waals surface area contributed by atoms with Crippen molar-refractivity contribution in [2.75, 3.05) is 34.4 Å². The van der Waals surface area contributed by atoms with Gasteiger partial charge in [-0.25, -0.2) is 0 Å². The second-order valence-corrected chi connectivity index (χ2v) is 6.94. The second kappa shape index (κ2) is 9.85. The minimum absolute atomic E-state index is 0.00615. The summed E-state index contributed by atoms with van der Waals surface area (Å²) in [6.07, 6.45) is 3.08. The molecule has 2 amide bonds. The Labute approximate surface area is 161 Å². The summed E-state index contributed by atoms with van der Waals surface area (Å²) in [4.78, 5) is 26.0. The first-order valence-corrected chi connectivity index (χ1v) is 8.73. The van der Waals surface area contributed by atoms with E-state index in [1.165, 1.54) is 32.3 Å². The second-order valence-electron chi connectivity index (χ2n) is 6.94. The van der Waals surface area contributed by atoms with Gasteiger partial charge in [-0.05, 0) is 51.5 Å². The molecule has 0 aromatic heterocycles. The number of carbonyl (C=O) groups excluding carboxylic acids is 2. The minimum Gasteiger partial charge on any atom is -0.493 e. The van der Waals surface area contributed by atoms with Crippen molar-refractivity contribution in [1.29, 1.82) is 0 Å². The normalized spacial score (nSPS) is 11.2. The number of rotatable bonds is 8. The molecule has 1 N–H and O–H groups in total. The summed E-state index contributed by atoms with van der Waals surface area (Å²) in [5.74, 6) is 1.04. The number of likely N-dealkylation sites (N-methyl/N-ethyl adjacent to an activating group) is 1. The Balaban J connectivity index is 2.93. The Kier molecular flexibility index (Phi) is 8.15. The maximum absolute atomic E-state index is 12.5. The van der Waals surface area contributed by atoms with Gasteiger partial charge in [-0.2, -0.15) is 0 Å². The van der Waals surface area contributed by atoms with Crippen molar-refractivity contribution in [2.24, 2.45) is 0 Å². The van der Waals surface area contributed by atoms with Crippen molar-refractivity contribution in [1.82, 2.24) is 10.2 Å². The van der Waals surface area contributed by atoms with E-state index in [0.717, 1.165) is 0 Å². The fourth-order valence-electron chi connectivity index (χ4n) is 2.45. The number of hydrogen-bond acceptors (Lipinski definition) is 5. The van der Waals surface area contributed by atoms with Crippen LogP contribution in [0.15, 0.2) is 18.2 Å². The van der Waals surface area contributed by atoms with Crippen LogP contribution in [0.25, 0.3) is 6.08 Å². The lowest BCUT2D eigenvalue weighted by Crippen LogP contribution is -2.47. The molecule has 0 spiro atoms. The fourth-order valence-corrected chi connectivity index (χ4v) is 2.45. The number of ether oxygens (including phenoxy) is 3. The highest BCUT2D eigenvalue weighted by atomic mass is 16.5. The van der Waals surface area contributed by atoms with E-state index in [0.29, 0.717) is 29.4 Å². The third kappa shape index (κ3) is 6.84. The molecule has 0 aliphatic heterocycles. The van der Waals surface area contributed by atoms with E-state index >= 15 is 0 Å². The number of nitrogens with zero attached hydrogens (tertiary/aromatic N) is 1. The molecule has 0 unspecified atom stereocenters. The van der Waals surface area contributed by atoms with Gasteiger partial charge in [-0.1, -0.05) is 0 Å². The monoisotopic (exact) mass is 378 g/mol. The third-order valence-electron chi connectivity index (χ3n) is 3.65. The van der Waals surface area contributed by atoms with Crippen LogP contribution in [-0.4, -0.2) is 56.7 Å². The molecule has 0 bridgehead atoms. The van der Waals surface area contributed by atoms with Gasteiger partial charge in [0.2, 0.25) is 17.6 Å². The maximum Gasteiger partial charge on any atom is 0.247 e. The lowest BCUT2D eigenvalue weighted by Gasteiger charge is -2.24. The molecule has 1 rings (SSSR count). The molecule has 150 valence electrons. The van der Waals surface area contributed by atoms with Crippen LogP contribution >= 0.6 is 0 Å². The Morgan fingerprint density at radius 2 is 1.63 bits per heavy atom. The molecule has 1 aromatic carbocycles. The molecule has 0 saturated heterocycles. The van der Waals surface area contributed by atoms with Gasteiger partial charge in [0.25, 0.3) is 0 Å². The molecule has 0 heterocycles. The number of methoxy groups -OCH3 is 3. The summed E-state index contributed by atoms with van der Waals surface area (Å²) in [7, 11) is 4.59. The van der Waals surface area contributed by atoms with Crippen molar-refractivity contribution in [3.63, 3.8) is 0 Å². The average molecular weight is 378 g/mol. The molecular formula is C20H30N2O5. The number of benzene rings is 1. The standard InChI is InChI=1S/C20H30N2O5/c1-8-22(13-17(23)21-20(2,3)4)18(24)10-9-14-11-15(25-5)19(27-7)16(12-14)26-6/h9-12H,8,13H2,1-7H3,(H,21,23)/b10-9+. The predicted octanol–water partition coefficient (Wildman–Crippen LogP) is 2.49. The molecule has 0 aliphatic carbocycles. The molecule has 0 atom stereocenters. The highest BCUT2D eigenvalue weighted by Crippen LogP contribution is 2.38. The number of carbonyl (C=O) groups is 2. The van der Waals surface area contributed by atoms with Gasteiger partial charge in [0.05, 0.1) is 27.9 Å². The topological polar surface area (TPSA) is 77.1 Å². The molecule has 1 aromatic rings. The van der Waals surface area contributed by atoms with Crippen LogP contribution in [0.5, 0.6) is 17.2 Å². The van der Waals surface area contributed by atoms with E-state index in [4.69, 9.17) is 14.2 Å². The molecule has 0 saturated carbocycles. The lowest BCUT2D eigenvalue weighted by molar-refractivity contribution is -0.132. The summed E-state index contributed by atoms with van der Waals surface area (Å²) < 4.78 is 15.9. The summed E-state index contributed by atoms with van der Waals surface area (Å²) in [5, 5.41) is 2.85.